The molecule has 4 rings (SSSR count). The molecule has 0 N–H and O–H groups in total. The summed E-state index contributed by atoms with van der Waals surface area (Å²) in [6.07, 6.45) is 3.44. The second-order valence-electron chi connectivity index (χ2n) is 8.11. The molecule has 2 aromatic carbocycles. The summed E-state index contributed by atoms with van der Waals surface area (Å²) in [7, 11) is 1.63. The van der Waals surface area contributed by atoms with Crippen LogP contribution in [0.5, 0.6) is 11.5 Å². The first kappa shape index (κ1) is 23.2. The Labute approximate surface area is 199 Å². The Hall–Kier alpha value is -3.00. The SMILES string of the molecule is CCCN(CC1CC1)C(=O)CSc1nnc(COc2ccc(OC)cc2)n1-c1ccccc1. The van der Waals surface area contributed by atoms with Gasteiger partial charge in [0, 0.05) is 18.8 Å². The van der Waals surface area contributed by atoms with Crippen molar-refractivity contribution in [1.82, 2.24) is 19.7 Å². The molecule has 33 heavy (non-hydrogen) atoms. The molecule has 1 amide bonds. The van der Waals surface area contributed by atoms with Crippen LogP contribution in [0.2, 0.25) is 0 Å². The smallest absolute Gasteiger partial charge is 0.233 e. The van der Waals surface area contributed by atoms with Crippen molar-refractivity contribution in [2.45, 2.75) is 37.9 Å². The summed E-state index contributed by atoms with van der Waals surface area (Å²) in [5.74, 6) is 3.36. The second kappa shape index (κ2) is 11.2. The quantitative estimate of drug-likeness (QED) is 0.364. The second-order valence-corrected chi connectivity index (χ2v) is 9.05. The molecule has 1 heterocycles. The Balaban J connectivity index is 1.47. The number of ether oxygens (including phenoxy) is 2. The highest BCUT2D eigenvalue weighted by molar-refractivity contribution is 7.99. The number of carbonyl (C=O) groups is 1. The van der Waals surface area contributed by atoms with Gasteiger partial charge in [-0.05, 0) is 61.6 Å². The maximum absolute atomic E-state index is 12.9. The maximum Gasteiger partial charge on any atom is 0.233 e. The van der Waals surface area contributed by atoms with E-state index in [1.165, 1.54) is 24.6 Å². The highest BCUT2D eigenvalue weighted by Crippen LogP contribution is 2.30. The van der Waals surface area contributed by atoms with Crippen LogP contribution in [-0.4, -0.2) is 51.5 Å². The van der Waals surface area contributed by atoms with Crippen molar-refractivity contribution in [3.63, 3.8) is 0 Å². The van der Waals surface area contributed by atoms with Crippen LogP contribution in [-0.2, 0) is 11.4 Å². The van der Waals surface area contributed by atoms with Gasteiger partial charge in [-0.1, -0.05) is 36.9 Å². The van der Waals surface area contributed by atoms with Crippen LogP contribution in [0, 0.1) is 5.92 Å². The van der Waals surface area contributed by atoms with Crippen LogP contribution in [0.25, 0.3) is 5.69 Å². The van der Waals surface area contributed by atoms with E-state index in [1.54, 1.807) is 7.11 Å². The molecule has 0 radical (unpaired) electrons. The molecule has 0 atom stereocenters. The predicted octanol–water partition coefficient (Wildman–Crippen LogP) is 4.60. The third kappa shape index (κ3) is 6.28. The Morgan fingerprint density at radius 2 is 1.82 bits per heavy atom. The molecule has 1 aliphatic carbocycles. The van der Waals surface area contributed by atoms with E-state index < -0.39 is 0 Å². The molecule has 0 aliphatic heterocycles. The molecule has 0 bridgehead atoms. The number of para-hydroxylation sites is 1. The van der Waals surface area contributed by atoms with Gasteiger partial charge in [0.25, 0.3) is 0 Å². The Kier molecular flexibility index (Phi) is 7.88. The number of benzene rings is 2. The average molecular weight is 467 g/mol. The number of hydrogen-bond donors (Lipinski definition) is 0. The van der Waals surface area contributed by atoms with E-state index in [-0.39, 0.29) is 12.5 Å². The largest absolute Gasteiger partial charge is 0.497 e. The molecule has 1 aromatic heterocycles. The molecular weight excluding hydrogens is 436 g/mol. The van der Waals surface area contributed by atoms with Gasteiger partial charge in [0.2, 0.25) is 5.91 Å². The average Bonchev–Trinajstić information content (AvgIpc) is 3.58. The van der Waals surface area contributed by atoms with Gasteiger partial charge in [0.15, 0.2) is 11.0 Å². The normalized spacial score (nSPS) is 13.0. The van der Waals surface area contributed by atoms with Crippen LogP contribution in [0.3, 0.4) is 0 Å². The van der Waals surface area contributed by atoms with E-state index in [0.29, 0.717) is 22.7 Å². The predicted molar refractivity (Wildman–Crippen MR) is 129 cm³/mol. The molecular formula is C25H30N4O3S. The fourth-order valence-corrected chi connectivity index (χ4v) is 4.43. The number of thioether (sulfide) groups is 1. The summed E-state index contributed by atoms with van der Waals surface area (Å²) in [6, 6.07) is 17.4. The van der Waals surface area contributed by atoms with Crippen molar-refractivity contribution in [2.24, 2.45) is 5.92 Å². The van der Waals surface area contributed by atoms with Gasteiger partial charge < -0.3 is 14.4 Å². The number of carbonyl (C=O) groups excluding carboxylic acids is 1. The van der Waals surface area contributed by atoms with Crippen molar-refractivity contribution in [3.05, 3.63) is 60.4 Å². The van der Waals surface area contributed by atoms with Gasteiger partial charge in [-0.15, -0.1) is 10.2 Å². The lowest BCUT2D eigenvalue weighted by molar-refractivity contribution is -0.128. The van der Waals surface area contributed by atoms with Gasteiger partial charge in [-0.2, -0.15) is 0 Å². The Bertz CT molecular complexity index is 1040. The van der Waals surface area contributed by atoms with E-state index in [9.17, 15) is 4.79 Å². The van der Waals surface area contributed by atoms with Crippen LogP contribution < -0.4 is 9.47 Å². The third-order valence-corrected chi connectivity index (χ3v) is 6.40. The highest BCUT2D eigenvalue weighted by atomic mass is 32.2. The van der Waals surface area contributed by atoms with Crippen LogP contribution in [0.15, 0.2) is 59.8 Å². The summed E-state index contributed by atoms with van der Waals surface area (Å²) < 4.78 is 13.1. The first-order valence-electron chi connectivity index (χ1n) is 11.3. The van der Waals surface area contributed by atoms with E-state index in [1.807, 2.05) is 64.1 Å². The maximum atomic E-state index is 12.9. The molecule has 8 heteroatoms. The molecule has 1 saturated carbocycles. The van der Waals surface area contributed by atoms with Crippen molar-refractivity contribution in [2.75, 3.05) is 26.0 Å². The molecule has 1 fully saturated rings. The van der Waals surface area contributed by atoms with Gasteiger partial charge in [0.1, 0.15) is 18.1 Å². The lowest BCUT2D eigenvalue weighted by atomic mass is 10.3. The summed E-state index contributed by atoms with van der Waals surface area (Å²) in [5.41, 5.74) is 0.939. The lowest BCUT2D eigenvalue weighted by Gasteiger charge is -2.21. The molecule has 174 valence electrons. The number of amides is 1. The lowest BCUT2D eigenvalue weighted by Crippen LogP contribution is -2.35. The van der Waals surface area contributed by atoms with E-state index in [0.717, 1.165) is 36.7 Å². The topological polar surface area (TPSA) is 69.5 Å². The van der Waals surface area contributed by atoms with Crippen LogP contribution in [0.4, 0.5) is 0 Å². The fourth-order valence-electron chi connectivity index (χ4n) is 3.56. The first-order chi connectivity index (χ1) is 16.2. The molecule has 0 unspecified atom stereocenters. The monoisotopic (exact) mass is 466 g/mol. The molecule has 0 spiro atoms. The van der Waals surface area contributed by atoms with Gasteiger partial charge in [-0.25, -0.2) is 0 Å². The standard InChI is InChI=1S/C25H30N4O3S/c1-3-15-28(16-19-9-10-19)24(30)18-33-25-27-26-23(29(25)20-7-5-4-6-8-20)17-32-22-13-11-21(31-2)12-14-22/h4-8,11-14,19H,3,9-10,15-18H2,1-2H3. The Morgan fingerprint density at radius 3 is 2.48 bits per heavy atom. The van der Waals surface area contributed by atoms with Crippen molar-refractivity contribution in [3.8, 4) is 17.2 Å². The zero-order valence-corrected chi connectivity index (χ0v) is 20.0. The number of nitrogens with zero attached hydrogens (tertiary/aromatic N) is 4. The summed E-state index contributed by atoms with van der Waals surface area (Å²) in [5, 5.41) is 9.45. The van der Waals surface area contributed by atoms with Crippen LogP contribution in [0.1, 0.15) is 32.0 Å². The number of methoxy groups -OCH3 is 1. The van der Waals surface area contributed by atoms with Gasteiger partial charge in [0.05, 0.1) is 12.9 Å². The van der Waals surface area contributed by atoms with E-state index in [2.05, 4.69) is 17.1 Å². The molecule has 3 aromatic rings. The molecule has 1 aliphatic rings. The molecule has 0 saturated heterocycles. The van der Waals surface area contributed by atoms with Crippen molar-refractivity contribution in [1.29, 1.82) is 0 Å². The van der Waals surface area contributed by atoms with Gasteiger partial charge in [-0.3, -0.25) is 9.36 Å². The van der Waals surface area contributed by atoms with Crippen molar-refractivity contribution >= 4 is 17.7 Å². The minimum Gasteiger partial charge on any atom is -0.497 e. The van der Waals surface area contributed by atoms with Crippen LogP contribution >= 0.6 is 11.8 Å². The minimum atomic E-state index is 0.160. The number of aromatic nitrogens is 3. The highest BCUT2D eigenvalue weighted by Gasteiger charge is 2.26. The third-order valence-electron chi connectivity index (χ3n) is 5.49. The van der Waals surface area contributed by atoms with E-state index >= 15 is 0 Å². The van der Waals surface area contributed by atoms with E-state index in [4.69, 9.17) is 9.47 Å². The fraction of sp³-hybridized carbons (Fsp3) is 0.400. The summed E-state index contributed by atoms with van der Waals surface area (Å²) in [4.78, 5) is 14.9. The summed E-state index contributed by atoms with van der Waals surface area (Å²) in [6.45, 7) is 4.05. The summed E-state index contributed by atoms with van der Waals surface area (Å²) >= 11 is 1.43. The first-order valence-corrected chi connectivity index (χ1v) is 12.3. The van der Waals surface area contributed by atoms with Crippen molar-refractivity contribution < 1.29 is 14.3 Å². The minimum absolute atomic E-state index is 0.160. The zero-order chi connectivity index (χ0) is 23.0. The Morgan fingerprint density at radius 1 is 1.09 bits per heavy atom. The molecule has 7 nitrogen and oxygen atoms in total. The van der Waals surface area contributed by atoms with Gasteiger partial charge >= 0.3 is 0 Å². The number of hydrogen-bond acceptors (Lipinski definition) is 6. The number of rotatable bonds is 12. The zero-order valence-electron chi connectivity index (χ0n) is 19.1.